The fourth-order valence-corrected chi connectivity index (χ4v) is 3.81. The maximum absolute atomic E-state index is 11.1. The highest BCUT2D eigenvalue weighted by molar-refractivity contribution is 7.43. The van der Waals surface area contributed by atoms with Crippen molar-refractivity contribution >= 4 is 13.5 Å². The van der Waals surface area contributed by atoms with E-state index < -0.39 is 7.80 Å². The van der Waals surface area contributed by atoms with Gasteiger partial charge in [-0.3, -0.25) is 0 Å². The van der Waals surface area contributed by atoms with E-state index in [9.17, 15) is 4.57 Å². The van der Waals surface area contributed by atoms with E-state index in [1.165, 1.54) is 37.7 Å². The Morgan fingerprint density at radius 3 is 2.70 bits per heavy atom. The first-order valence-electron chi connectivity index (χ1n) is 8.62. The van der Waals surface area contributed by atoms with Crippen LogP contribution in [0.25, 0.3) is 0 Å². The standard InChI is InChI=1S/C18H30N2O2P/c1-22-18-13-15(7-10-17(18)19)4-3-14-5-8-16(9-6-14)20-11-12-23(2)21/h7,10,13-14,16,20H,3-6,8-9,11-12,19H2,1-2H3/q+1. The van der Waals surface area contributed by atoms with Crippen LogP contribution >= 0.6 is 7.80 Å². The van der Waals surface area contributed by atoms with Gasteiger partial charge in [0.25, 0.3) is 0 Å². The molecular formula is C18H30N2O2P+. The van der Waals surface area contributed by atoms with Crippen molar-refractivity contribution in [3.8, 4) is 5.75 Å². The molecule has 1 unspecified atom stereocenters. The molecule has 0 heterocycles. The molecule has 1 fully saturated rings. The number of anilines is 1. The number of aryl methyl sites for hydroxylation is 1. The lowest BCUT2D eigenvalue weighted by molar-refractivity contribution is 0.283. The van der Waals surface area contributed by atoms with Gasteiger partial charge in [0.15, 0.2) is 6.16 Å². The van der Waals surface area contributed by atoms with E-state index in [0.717, 1.165) is 30.8 Å². The maximum Gasteiger partial charge on any atom is 0.336 e. The molecule has 0 spiro atoms. The first kappa shape index (κ1) is 18.2. The number of nitrogens with two attached hydrogens (primary N) is 1. The molecule has 1 atom stereocenters. The van der Waals surface area contributed by atoms with Crippen LogP contribution in [0.4, 0.5) is 5.69 Å². The van der Waals surface area contributed by atoms with E-state index in [0.29, 0.717) is 11.7 Å². The van der Waals surface area contributed by atoms with Gasteiger partial charge in [-0.25, -0.2) is 0 Å². The molecule has 2 rings (SSSR count). The SMILES string of the molecule is COc1cc(CCC2CCC(NCC[P+](C)=O)CC2)ccc1N. The molecule has 3 N–H and O–H groups in total. The number of nitrogens with one attached hydrogen (secondary N) is 1. The normalized spacial score (nSPS) is 21.9. The van der Waals surface area contributed by atoms with Crippen molar-refractivity contribution in [2.24, 2.45) is 5.92 Å². The largest absolute Gasteiger partial charge is 0.495 e. The molecule has 1 saturated carbocycles. The zero-order chi connectivity index (χ0) is 16.7. The lowest BCUT2D eigenvalue weighted by Crippen LogP contribution is -2.34. The molecule has 0 aromatic heterocycles. The highest BCUT2D eigenvalue weighted by Gasteiger charge is 2.21. The second-order valence-electron chi connectivity index (χ2n) is 6.64. The number of hydrogen-bond acceptors (Lipinski definition) is 4. The fraction of sp³-hybridized carbons (Fsp3) is 0.667. The van der Waals surface area contributed by atoms with Gasteiger partial charge in [-0.1, -0.05) is 10.6 Å². The van der Waals surface area contributed by atoms with Crippen molar-refractivity contribution in [1.82, 2.24) is 5.32 Å². The minimum atomic E-state index is -1.01. The minimum Gasteiger partial charge on any atom is -0.495 e. The molecule has 1 aliphatic rings. The summed E-state index contributed by atoms with van der Waals surface area (Å²) < 4.78 is 16.4. The van der Waals surface area contributed by atoms with E-state index in [4.69, 9.17) is 10.5 Å². The van der Waals surface area contributed by atoms with Crippen molar-refractivity contribution in [1.29, 1.82) is 0 Å². The first-order valence-corrected chi connectivity index (χ1v) is 10.5. The monoisotopic (exact) mass is 337 g/mol. The van der Waals surface area contributed by atoms with E-state index >= 15 is 0 Å². The van der Waals surface area contributed by atoms with Crippen LogP contribution in [0.15, 0.2) is 18.2 Å². The quantitative estimate of drug-likeness (QED) is 0.559. The smallest absolute Gasteiger partial charge is 0.336 e. The Morgan fingerprint density at radius 1 is 1.30 bits per heavy atom. The summed E-state index contributed by atoms with van der Waals surface area (Å²) in [6.07, 6.45) is 8.21. The van der Waals surface area contributed by atoms with Crippen molar-refractivity contribution in [3.63, 3.8) is 0 Å². The molecule has 4 nitrogen and oxygen atoms in total. The summed E-state index contributed by atoms with van der Waals surface area (Å²) in [5.74, 6) is 1.60. The summed E-state index contributed by atoms with van der Waals surface area (Å²) in [5, 5.41) is 3.55. The Balaban J connectivity index is 1.69. The van der Waals surface area contributed by atoms with E-state index in [-0.39, 0.29) is 0 Å². The zero-order valence-electron chi connectivity index (χ0n) is 14.4. The number of rotatable bonds is 8. The summed E-state index contributed by atoms with van der Waals surface area (Å²) >= 11 is 0. The van der Waals surface area contributed by atoms with Crippen LogP contribution < -0.4 is 15.8 Å². The Labute approximate surface area is 141 Å². The van der Waals surface area contributed by atoms with Crippen LogP contribution in [0.3, 0.4) is 0 Å². The molecule has 0 amide bonds. The van der Waals surface area contributed by atoms with Crippen LogP contribution in [0.2, 0.25) is 0 Å². The summed E-state index contributed by atoms with van der Waals surface area (Å²) in [7, 11) is 0.659. The predicted octanol–water partition coefficient (Wildman–Crippen LogP) is 3.82. The average molecular weight is 337 g/mol. The summed E-state index contributed by atoms with van der Waals surface area (Å²) in [6.45, 7) is 2.70. The molecular weight excluding hydrogens is 307 g/mol. The van der Waals surface area contributed by atoms with Gasteiger partial charge >= 0.3 is 7.80 Å². The highest BCUT2D eigenvalue weighted by atomic mass is 31.1. The Bertz CT molecular complexity index is 514. The van der Waals surface area contributed by atoms with Gasteiger partial charge in [-0.2, -0.15) is 0 Å². The van der Waals surface area contributed by atoms with Crippen LogP contribution in [-0.4, -0.2) is 32.5 Å². The third-order valence-corrected chi connectivity index (χ3v) is 5.70. The lowest BCUT2D eigenvalue weighted by Gasteiger charge is -2.29. The second-order valence-corrected chi connectivity index (χ2v) is 8.34. The Morgan fingerprint density at radius 2 is 2.04 bits per heavy atom. The van der Waals surface area contributed by atoms with Gasteiger partial charge in [0.2, 0.25) is 0 Å². The van der Waals surface area contributed by atoms with Crippen molar-refractivity contribution in [3.05, 3.63) is 23.8 Å². The molecule has 0 saturated heterocycles. The average Bonchev–Trinajstić information content (AvgIpc) is 2.55. The highest BCUT2D eigenvalue weighted by Crippen LogP contribution is 2.29. The van der Waals surface area contributed by atoms with Crippen LogP contribution in [0, 0.1) is 5.92 Å². The molecule has 1 aromatic rings. The Hall–Kier alpha value is -1.12. The van der Waals surface area contributed by atoms with Crippen molar-refractivity contribution < 1.29 is 9.30 Å². The third-order valence-electron chi connectivity index (χ3n) is 4.85. The van der Waals surface area contributed by atoms with E-state index in [1.807, 2.05) is 6.07 Å². The van der Waals surface area contributed by atoms with Gasteiger partial charge in [-0.05, 0) is 62.1 Å². The minimum absolute atomic E-state index is 0.623. The molecule has 1 aliphatic carbocycles. The molecule has 0 aliphatic heterocycles. The second kappa shape index (κ2) is 9.24. The lowest BCUT2D eigenvalue weighted by atomic mass is 9.82. The van der Waals surface area contributed by atoms with E-state index in [2.05, 4.69) is 17.4 Å². The van der Waals surface area contributed by atoms with Gasteiger partial charge in [0.05, 0.1) is 12.8 Å². The fourth-order valence-electron chi connectivity index (χ4n) is 3.36. The van der Waals surface area contributed by atoms with Gasteiger partial charge in [-0.15, -0.1) is 0 Å². The maximum atomic E-state index is 11.1. The molecule has 23 heavy (non-hydrogen) atoms. The predicted molar refractivity (Wildman–Crippen MR) is 97.9 cm³/mol. The number of nitrogen functional groups attached to an aromatic ring is 1. The zero-order valence-corrected chi connectivity index (χ0v) is 15.3. The summed E-state index contributed by atoms with van der Waals surface area (Å²) in [5.41, 5.74) is 7.88. The topological polar surface area (TPSA) is 64.3 Å². The van der Waals surface area contributed by atoms with Crippen molar-refractivity contribution in [2.75, 3.05) is 32.2 Å². The summed E-state index contributed by atoms with van der Waals surface area (Å²) in [6, 6.07) is 6.73. The Kier molecular flexibility index (Phi) is 7.32. The van der Waals surface area contributed by atoms with Crippen LogP contribution in [0.5, 0.6) is 5.75 Å². The van der Waals surface area contributed by atoms with E-state index in [1.54, 1.807) is 13.8 Å². The first-order chi connectivity index (χ1) is 11.1. The van der Waals surface area contributed by atoms with Gasteiger partial charge in [0.1, 0.15) is 12.4 Å². The van der Waals surface area contributed by atoms with Crippen LogP contribution in [0.1, 0.15) is 37.7 Å². The molecule has 5 heteroatoms. The molecule has 0 bridgehead atoms. The molecule has 0 radical (unpaired) electrons. The molecule has 1 aromatic carbocycles. The number of hydrogen-bond donors (Lipinski definition) is 2. The number of methoxy groups -OCH3 is 1. The number of ether oxygens (including phenoxy) is 1. The van der Waals surface area contributed by atoms with Gasteiger partial charge in [0, 0.05) is 12.6 Å². The third kappa shape index (κ3) is 6.12. The summed E-state index contributed by atoms with van der Waals surface area (Å²) in [4.78, 5) is 0. The number of benzene rings is 1. The van der Waals surface area contributed by atoms with Crippen molar-refractivity contribution in [2.45, 2.75) is 44.6 Å². The van der Waals surface area contributed by atoms with Gasteiger partial charge < -0.3 is 15.8 Å². The molecule has 128 valence electrons. The van der Waals surface area contributed by atoms with Crippen LogP contribution in [-0.2, 0) is 11.0 Å².